The van der Waals surface area contributed by atoms with E-state index in [-0.39, 0.29) is 5.91 Å². The number of rotatable bonds is 3. The van der Waals surface area contributed by atoms with Gasteiger partial charge in [-0.05, 0) is 30.2 Å². The second-order valence-corrected chi connectivity index (χ2v) is 6.36. The minimum Gasteiger partial charge on any atom is -0.303 e. The molecule has 0 N–H and O–H groups in total. The Morgan fingerprint density at radius 3 is 2.16 bits per heavy atom. The van der Waals surface area contributed by atoms with Crippen molar-refractivity contribution in [1.82, 2.24) is 4.90 Å². The maximum absolute atomic E-state index is 12.9. The summed E-state index contributed by atoms with van der Waals surface area (Å²) in [6, 6.07) is 26.3. The van der Waals surface area contributed by atoms with Crippen LogP contribution in [0.5, 0.6) is 0 Å². The standard InChI is InChI=1S/C23H19NO/c1-17-11-13-18(14-12-17)15-22-20-9-5-6-10-21(20)23(25)24(22)16-19-7-3-2-4-8-19/h2-15H,16H2,1H3/b22-15-. The lowest BCUT2D eigenvalue weighted by Crippen LogP contribution is -2.22. The molecule has 0 fully saturated rings. The molecular formula is C23H19NO. The van der Waals surface area contributed by atoms with E-state index in [9.17, 15) is 4.79 Å². The first-order valence-electron chi connectivity index (χ1n) is 8.46. The predicted octanol–water partition coefficient (Wildman–Crippen LogP) is 5.15. The van der Waals surface area contributed by atoms with Gasteiger partial charge in [0.15, 0.2) is 0 Å². The number of hydrogen-bond donors (Lipinski definition) is 0. The summed E-state index contributed by atoms with van der Waals surface area (Å²) in [5, 5.41) is 0. The molecule has 0 saturated heterocycles. The summed E-state index contributed by atoms with van der Waals surface area (Å²) in [7, 11) is 0. The molecule has 0 saturated carbocycles. The van der Waals surface area contributed by atoms with Crippen LogP contribution in [-0.4, -0.2) is 10.8 Å². The first kappa shape index (κ1) is 15.4. The first-order valence-corrected chi connectivity index (χ1v) is 8.46. The molecule has 1 amide bonds. The maximum atomic E-state index is 12.9. The van der Waals surface area contributed by atoms with E-state index in [0.717, 1.165) is 28.0 Å². The molecule has 0 radical (unpaired) electrons. The fraction of sp³-hybridized carbons (Fsp3) is 0.0870. The van der Waals surface area contributed by atoms with Crippen LogP contribution in [0.2, 0.25) is 0 Å². The Labute approximate surface area is 148 Å². The Morgan fingerprint density at radius 2 is 1.44 bits per heavy atom. The Balaban J connectivity index is 1.78. The fourth-order valence-electron chi connectivity index (χ4n) is 3.19. The third-order valence-corrected chi connectivity index (χ3v) is 4.53. The smallest absolute Gasteiger partial charge is 0.259 e. The highest BCUT2D eigenvalue weighted by Gasteiger charge is 2.31. The van der Waals surface area contributed by atoms with Gasteiger partial charge < -0.3 is 4.90 Å². The van der Waals surface area contributed by atoms with Gasteiger partial charge in [0.05, 0.1) is 12.2 Å². The molecule has 1 aliphatic heterocycles. The lowest BCUT2D eigenvalue weighted by Gasteiger charge is -2.19. The highest BCUT2D eigenvalue weighted by Crippen LogP contribution is 2.35. The van der Waals surface area contributed by atoms with Gasteiger partial charge in [-0.3, -0.25) is 4.79 Å². The fourth-order valence-corrected chi connectivity index (χ4v) is 3.19. The molecule has 0 aliphatic carbocycles. The van der Waals surface area contributed by atoms with Crippen LogP contribution in [0.25, 0.3) is 11.8 Å². The average Bonchev–Trinajstić information content (AvgIpc) is 2.91. The SMILES string of the molecule is Cc1ccc(/C=C2/c3ccccc3C(=O)N2Cc2ccccc2)cc1. The maximum Gasteiger partial charge on any atom is 0.259 e. The van der Waals surface area contributed by atoms with E-state index in [1.54, 1.807) is 0 Å². The minimum atomic E-state index is 0.0674. The van der Waals surface area contributed by atoms with Gasteiger partial charge in [0.1, 0.15) is 0 Å². The van der Waals surface area contributed by atoms with Crippen LogP contribution >= 0.6 is 0 Å². The summed E-state index contributed by atoms with van der Waals surface area (Å²) in [4.78, 5) is 14.8. The van der Waals surface area contributed by atoms with Crippen molar-refractivity contribution in [1.29, 1.82) is 0 Å². The predicted molar refractivity (Wildman–Crippen MR) is 102 cm³/mol. The molecule has 2 heteroatoms. The van der Waals surface area contributed by atoms with Gasteiger partial charge in [0.25, 0.3) is 5.91 Å². The molecular weight excluding hydrogens is 306 g/mol. The summed E-state index contributed by atoms with van der Waals surface area (Å²) in [6.07, 6.45) is 2.10. The second-order valence-electron chi connectivity index (χ2n) is 6.36. The number of carbonyl (C=O) groups is 1. The molecule has 4 rings (SSSR count). The van der Waals surface area contributed by atoms with Gasteiger partial charge >= 0.3 is 0 Å². The number of benzene rings is 3. The molecule has 0 spiro atoms. The molecule has 122 valence electrons. The molecule has 1 heterocycles. The molecule has 0 bridgehead atoms. The van der Waals surface area contributed by atoms with Crippen molar-refractivity contribution in [3.05, 3.63) is 107 Å². The van der Waals surface area contributed by atoms with E-state index < -0.39 is 0 Å². The van der Waals surface area contributed by atoms with Crippen molar-refractivity contribution >= 4 is 17.7 Å². The van der Waals surface area contributed by atoms with Crippen molar-refractivity contribution < 1.29 is 4.79 Å². The van der Waals surface area contributed by atoms with Crippen molar-refractivity contribution in [2.75, 3.05) is 0 Å². The quantitative estimate of drug-likeness (QED) is 0.652. The lowest BCUT2D eigenvalue weighted by molar-refractivity contribution is 0.0843. The van der Waals surface area contributed by atoms with Crippen LogP contribution < -0.4 is 0 Å². The molecule has 1 aliphatic rings. The number of fused-ring (bicyclic) bond motifs is 1. The third kappa shape index (κ3) is 2.99. The van der Waals surface area contributed by atoms with Crippen LogP contribution in [0.4, 0.5) is 0 Å². The molecule has 3 aromatic rings. The van der Waals surface area contributed by atoms with E-state index >= 15 is 0 Å². The number of nitrogens with zero attached hydrogens (tertiary/aromatic N) is 1. The third-order valence-electron chi connectivity index (χ3n) is 4.53. The van der Waals surface area contributed by atoms with Crippen LogP contribution in [0.1, 0.15) is 32.6 Å². The minimum absolute atomic E-state index is 0.0674. The van der Waals surface area contributed by atoms with Gasteiger partial charge in [-0.1, -0.05) is 78.4 Å². The van der Waals surface area contributed by atoms with Crippen molar-refractivity contribution in [3.63, 3.8) is 0 Å². The summed E-state index contributed by atoms with van der Waals surface area (Å²) in [5.74, 6) is 0.0674. The lowest BCUT2D eigenvalue weighted by atomic mass is 10.1. The van der Waals surface area contributed by atoms with Crippen molar-refractivity contribution in [3.8, 4) is 0 Å². The number of carbonyl (C=O) groups excluding carboxylic acids is 1. The number of amides is 1. The van der Waals surface area contributed by atoms with E-state index in [1.165, 1.54) is 5.56 Å². The van der Waals surface area contributed by atoms with Gasteiger partial charge in [0, 0.05) is 11.1 Å². The Kier molecular flexibility index (Phi) is 3.95. The Morgan fingerprint density at radius 1 is 0.800 bits per heavy atom. The average molecular weight is 325 g/mol. The van der Waals surface area contributed by atoms with E-state index in [1.807, 2.05) is 47.4 Å². The van der Waals surface area contributed by atoms with E-state index in [4.69, 9.17) is 0 Å². The zero-order valence-electron chi connectivity index (χ0n) is 14.1. The van der Waals surface area contributed by atoms with Crippen LogP contribution in [0.3, 0.4) is 0 Å². The monoisotopic (exact) mass is 325 g/mol. The van der Waals surface area contributed by atoms with Crippen molar-refractivity contribution in [2.45, 2.75) is 13.5 Å². The highest BCUT2D eigenvalue weighted by atomic mass is 16.2. The molecule has 0 aromatic heterocycles. The molecule has 0 atom stereocenters. The topological polar surface area (TPSA) is 20.3 Å². The molecule has 25 heavy (non-hydrogen) atoms. The van der Waals surface area contributed by atoms with Gasteiger partial charge in [-0.2, -0.15) is 0 Å². The van der Waals surface area contributed by atoms with Gasteiger partial charge in [0.2, 0.25) is 0 Å². The zero-order chi connectivity index (χ0) is 17.2. The van der Waals surface area contributed by atoms with Gasteiger partial charge in [-0.15, -0.1) is 0 Å². The summed E-state index contributed by atoms with van der Waals surface area (Å²) < 4.78 is 0. The summed E-state index contributed by atoms with van der Waals surface area (Å²) in [5.41, 5.74) is 6.20. The Hall–Kier alpha value is -3.13. The van der Waals surface area contributed by atoms with E-state index in [2.05, 4.69) is 49.4 Å². The molecule has 2 nitrogen and oxygen atoms in total. The largest absolute Gasteiger partial charge is 0.303 e. The summed E-state index contributed by atoms with van der Waals surface area (Å²) in [6.45, 7) is 2.65. The highest BCUT2D eigenvalue weighted by molar-refractivity contribution is 6.11. The molecule has 3 aromatic carbocycles. The number of hydrogen-bond acceptors (Lipinski definition) is 1. The Bertz CT molecular complexity index is 939. The van der Waals surface area contributed by atoms with Crippen LogP contribution in [-0.2, 0) is 6.54 Å². The second kappa shape index (κ2) is 6.40. The van der Waals surface area contributed by atoms with E-state index in [0.29, 0.717) is 6.54 Å². The first-order chi connectivity index (χ1) is 12.2. The summed E-state index contributed by atoms with van der Waals surface area (Å²) >= 11 is 0. The zero-order valence-corrected chi connectivity index (χ0v) is 14.1. The van der Waals surface area contributed by atoms with Crippen LogP contribution in [0, 0.1) is 6.92 Å². The van der Waals surface area contributed by atoms with Gasteiger partial charge in [-0.25, -0.2) is 0 Å². The molecule has 0 unspecified atom stereocenters. The van der Waals surface area contributed by atoms with Crippen molar-refractivity contribution in [2.24, 2.45) is 0 Å². The van der Waals surface area contributed by atoms with Crippen LogP contribution in [0.15, 0.2) is 78.9 Å². The normalized spacial score (nSPS) is 14.8. The number of aryl methyl sites for hydroxylation is 1.